The molecular formula is C10H23NO3S. The van der Waals surface area contributed by atoms with Crippen LogP contribution in [0.4, 0.5) is 0 Å². The predicted octanol–water partition coefficient (Wildman–Crippen LogP) is 1.11. The van der Waals surface area contributed by atoms with Crippen molar-refractivity contribution in [2.75, 3.05) is 12.4 Å². The van der Waals surface area contributed by atoms with E-state index in [1.54, 1.807) is 0 Å². The van der Waals surface area contributed by atoms with E-state index in [9.17, 15) is 8.42 Å². The van der Waals surface area contributed by atoms with E-state index in [1.807, 2.05) is 27.7 Å². The average Bonchev–Trinajstić information content (AvgIpc) is 2.10. The molecule has 2 N–H and O–H groups in total. The zero-order chi connectivity index (χ0) is 12.1. The van der Waals surface area contributed by atoms with Gasteiger partial charge in [-0.25, -0.2) is 13.1 Å². The first kappa shape index (κ1) is 14.9. The van der Waals surface area contributed by atoms with Crippen LogP contribution in [0.5, 0.6) is 0 Å². The van der Waals surface area contributed by atoms with Crippen molar-refractivity contribution >= 4 is 10.0 Å². The Morgan fingerprint density at radius 3 is 2.20 bits per heavy atom. The molecule has 15 heavy (non-hydrogen) atoms. The van der Waals surface area contributed by atoms with Gasteiger partial charge in [0.25, 0.3) is 0 Å². The van der Waals surface area contributed by atoms with Crippen molar-refractivity contribution in [3.05, 3.63) is 0 Å². The second-order valence-corrected chi connectivity index (χ2v) is 6.91. The first-order valence-electron chi connectivity index (χ1n) is 5.31. The maximum Gasteiger partial charge on any atom is 0.211 e. The second-order valence-electron chi connectivity index (χ2n) is 5.04. The molecule has 5 heteroatoms. The molecule has 0 rings (SSSR count). The monoisotopic (exact) mass is 237 g/mol. The number of nitrogens with one attached hydrogen (secondary N) is 1. The predicted molar refractivity (Wildman–Crippen MR) is 62.2 cm³/mol. The summed E-state index contributed by atoms with van der Waals surface area (Å²) >= 11 is 0. The van der Waals surface area contributed by atoms with Gasteiger partial charge in [-0.1, -0.05) is 27.7 Å². The van der Waals surface area contributed by atoms with E-state index < -0.39 is 10.0 Å². The fraction of sp³-hybridized carbons (Fsp3) is 1.00. The molecule has 92 valence electrons. The van der Waals surface area contributed by atoms with Gasteiger partial charge >= 0.3 is 0 Å². The van der Waals surface area contributed by atoms with Crippen LogP contribution >= 0.6 is 0 Å². The molecule has 0 unspecified atom stereocenters. The maximum absolute atomic E-state index is 11.6. The summed E-state index contributed by atoms with van der Waals surface area (Å²) < 4.78 is 25.7. The molecule has 0 aromatic carbocycles. The molecule has 0 aliphatic heterocycles. The zero-order valence-corrected chi connectivity index (χ0v) is 10.9. The Bertz CT molecular complexity index is 263. The Morgan fingerprint density at radius 2 is 1.87 bits per heavy atom. The number of hydrogen-bond donors (Lipinski definition) is 2. The van der Waals surface area contributed by atoms with Crippen LogP contribution in [0.25, 0.3) is 0 Å². The summed E-state index contributed by atoms with van der Waals surface area (Å²) in [5, 5.41) is 8.89. The minimum Gasteiger partial charge on any atom is -0.395 e. The zero-order valence-electron chi connectivity index (χ0n) is 10.1. The molecule has 0 heterocycles. The number of sulfonamides is 1. The Labute approximate surface area is 93.1 Å². The van der Waals surface area contributed by atoms with Crippen molar-refractivity contribution < 1.29 is 13.5 Å². The van der Waals surface area contributed by atoms with Crippen molar-refractivity contribution in [1.29, 1.82) is 0 Å². The van der Waals surface area contributed by atoms with Crippen LogP contribution in [0.2, 0.25) is 0 Å². The lowest BCUT2D eigenvalue weighted by atomic mass is 9.94. The standard InChI is InChI=1S/C10H23NO3S/c1-5-9(8-12)11-15(13,14)7-6-10(2,3)4/h9,11-12H,5-8H2,1-4H3/t9-/m1/s1. The minimum atomic E-state index is -3.25. The Morgan fingerprint density at radius 1 is 1.33 bits per heavy atom. The van der Waals surface area contributed by atoms with Crippen LogP contribution < -0.4 is 4.72 Å². The number of hydrogen-bond acceptors (Lipinski definition) is 3. The summed E-state index contributed by atoms with van der Waals surface area (Å²) in [6, 6.07) is -0.352. The normalized spacial score (nSPS) is 15.3. The topological polar surface area (TPSA) is 66.4 Å². The summed E-state index contributed by atoms with van der Waals surface area (Å²) in [5.41, 5.74) is 0.00960. The van der Waals surface area contributed by atoms with Gasteiger partial charge in [-0.05, 0) is 18.3 Å². The molecule has 0 aliphatic carbocycles. The van der Waals surface area contributed by atoms with Crippen LogP contribution in [0.3, 0.4) is 0 Å². The van der Waals surface area contributed by atoms with Gasteiger partial charge in [0, 0.05) is 6.04 Å². The largest absolute Gasteiger partial charge is 0.395 e. The summed E-state index contributed by atoms with van der Waals surface area (Å²) in [4.78, 5) is 0. The van der Waals surface area contributed by atoms with Crippen LogP contribution in [-0.4, -0.2) is 31.9 Å². The minimum absolute atomic E-state index is 0.00960. The number of aliphatic hydroxyl groups excluding tert-OH is 1. The van der Waals surface area contributed by atoms with E-state index in [0.717, 1.165) is 0 Å². The van der Waals surface area contributed by atoms with E-state index in [4.69, 9.17) is 5.11 Å². The van der Waals surface area contributed by atoms with Gasteiger partial charge in [-0.15, -0.1) is 0 Å². The van der Waals surface area contributed by atoms with Gasteiger partial charge in [-0.3, -0.25) is 0 Å². The summed E-state index contributed by atoms with van der Waals surface area (Å²) in [7, 11) is -3.25. The Hall–Kier alpha value is -0.130. The second kappa shape index (κ2) is 5.82. The highest BCUT2D eigenvalue weighted by Gasteiger charge is 2.19. The van der Waals surface area contributed by atoms with Gasteiger partial charge in [0.1, 0.15) is 0 Å². The van der Waals surface area contributed by atoms with Gasteiger partial charge in [0.05, 0.1) is 12.4 Å². The molecule has 0 fully saturated rings. The fourth-order valence-electron chi connectivity index (χ4n) is 1.00. The molecule has 0 spiro atoms. The molecule has 0 bridgehead atoms. The van der Waals surface area contributed by atoms with Crippen LogP contribution in [0.15, 0.2) is 0 Å². The summed E-state index contributed by atoms with van der Waals surface area (Å²) in [6.45, 7) is 7.71. The summed E-state index contributed by atoms with van der Waals surface area (Å²) in [5.74, 6) is 0.118. The lowest BCUT2D eigenvalue weighted by molar-refractivity contribution is 0.253. The first-order chi connectivity index (χ1) is 6.70. The van der Waals surface area contributed by atoms with E-state index in [1.165, 1.54) is 0 Å². The van der Waals surface area contributed by atoms with Crippen LogP contribution in [0.1, 0.15) is 40.5 Å². The van der Waals surface area contributed by atoms with E-state index in [-0.39, 0.29) is 23.8 Å². The van der Waals surface area contributed by atoms with Gasteiger partial charge in [0.15, 0.2) is 0 Å². The highest BCUT2D eigenvalue weighted by atomic mass is 32.2. The van der Waals surface area contributed by atoms with Crippen molar-refractivity contribution in [1.82, 2.24) is 4.72 Å². The highest BCUT2D eigenvalue weighted by Crippen LogP contribution is 2.18. The van der Waals surface area contributed by atoms with Gasteiger partial charge in [-0.2, -0.15) is 0 Å². The average molecular weight is 237 g/mol. The molecule has 1 atom stereocenters. The fourth-order valence-corrected chi connectivity index (χ4v) is 2.75. The lowest BCUT2D eigenvalue weighted by Gasteiger charge is -2.19. The number of rotatable bonds is 6. The molecule has 0 aliphatic rings. The lowest BCUT2D eigenvalue weighted by Crippen LogP contribution is -2.38. The first-order valence-corrected chi connectivity index (χ1v) is 6.96. The third-order valence-electron chi connectivity index (χ3n) is 2.18. The van der Waals surface area contributed by atoms with Crippen molar-refractivity contribution in [3.63, 3.8) is 0 Å². The molecular weight excluding hydrogens is 214 g/mol. The third kappa shape index (κ3) is 7.76. The van der Waals surface area contributed by atoms with Gasteiger partial charge < -0.3 is 5.11 Å². The SMILES string of the molecule is CC[C@H](CO)NS(=O)(=O)CCC(C)(C)C. The molecule has 0 aromatic heterocycles. The van der Waals surface area contributed by atoms with E-state index in [2.05, 4.69) is 4.72 Å². The molecule has 0 saturated carbocycles. The smallest absolute Gasteiger partial charge is 0.211 e. The van der Waals surface area contributed by atoms with Crippen LogP contribution in [0, 0.1) is 5.41 Å². The van der Waals surface area contributed by atoms with Crippen molar-refractivity contribution in [2.24, 2.45) is 5.41 Å². The van der Waals surface area contributed by atoms with E-state index >= 15 is 0 Å². The third-order valence-corrected chi connectivity index (χ3v) is 3.61. The quantitative estimate of drug-likeness (QED) is 0.727. The molecule has 4 nitrogen and oxygen atoms in total. The molecule has 0 saturated heterocycles. The van der Waals surface area contributed by atoms with Crippen LogP contribution in [-0.2, 0) is 10.0 Å². The van der Waals surface area contributed by atoms with E-state index in [0.29, 0.717) is 12.8 Å². The van der Waals surface area contributed by atoms with Crippen molar-refractivity contribution in [3.8, 4) is 0 Å². The van der Waals surface area contributed by atoms with Crippen molar-refractivity contribution in [2.45, 2.75) is 46.6 Å². The Balaban J connectivity index is 4.20. The number of aliphatic hydroxyl groups is 1. The molecule has 0 radical (unpaired) electrons. The maximum atomic E-state index is 11.6. The van der Waals surface area contributed by atoms with Gasteiger partial charge in [0.2, 0.25) is 10.0 Å². The molecule has 0 aromatic rings. The molecule has 0 amide bonds. The Kier molecular flexibility index (Phi) is 5.77. The highest BCUT2D eigenvalue weighted by molar-refractivity contribution is 7.89. The summed E-state index contributed by atoms with van der Waals surface area (Å²) in [6.07, 6.45) is 1.22.